The van der Waals surface area contributed by atoms with E-state index >= 15 is 0 Å². The lowest BCUT2D eigenvalue weighted by atomic mass is 10.1. The van der Waals surface area contributed by atoms with Crippen LogP contribution in [0.25, 0.3) is 11.5 Å². The van der Waals surface area contributed by atoms with Crippen LogP contribution in [0.5, 0.6) is 11.5 Å². The van der Waals surface area contributed by atoms with E-state index in [4.69, 9.17) is 9.47 Å². The minimum absolute atomic E-state index is 0.0431. The molecule has 3 heterocycles. The number of aromatic nitrogens is 6. The van der Waals surface area contributed by atoms with Crippen molar-refractivity contribution >= 4 is 11.6 Å². The van der Waals surface area contributed by atoms with Gasteiger partial charge in [0.15, 0.2) is 11.5 Å². The van der Waals surface area contributed by atoms with Gasteiger partial charge in [-0.1, -0.05) is 0 Å². The van der Waals surface area contributed by atoms with Crippen LogP contribution >= 0.6 is 0 Å². The van der Waals surface area contributed by atoms with Gasteiger partial charge < -0.3 is 14.8 Å². The van der Waals surface area contributed by atoms with E-state index in [1.54, 1.807) is 35.8 Å². The van der Waals surface area contributed by atoms with Crippen LogP contribution in [0, 0.1) is 13.8 Å². The molecule has 3 aromatic heterocycles. The minimum Gasteiger partial charge on any atom is -0.497 e. The predicted molar refractivity (Wildman–Crippen MR) is 117 cm³/mol. The normalized spacial score (nSPS) is 11.0. The van der Waals surface area contributed by atoms with Crippen LogP contribution in [-0.4, -0.2) is 49.7 Å². The topological polar surface area (TPSA) is 108 Å². The van der Waals surface area contributed by atoms with E-state index in [0.717, 1.165) is 22.5 Å². The highest BCUT2D eigenvalue weighted by Crippen LogP contribution is 2.24. The molecule has 32 heavy (non-hydrogen) atoms. The number of aryl methyl sites for hydroxylation is 1. The van der Waals surface area contributed by atoms with Gasteiger partial charge in [0.2, 0.25) is 5.91 Å². The highest BCUT2D eigenvalue weighted by Gasteiger charge is 2.16. The van der Waals surface area contributed by atoms with Gasteiger partial charge in [-0.2, -0.15) is 9.61 Å². The van der Waals surface area contributed by atoms with Crippen molar-refractivity contribution in [3.63, 3.8) is 0 Å². The number of carbonyl (C=O) groups excluding carboxylic acids is 1. The van der Waals surface area contributed by atoms with Gasteiger partial charge >= 0.3 is 0 Å². The van der Waals surface area contributed by atoms with Gasteiger partial charge in [0, 0.05) is 30.3 Å². The molecule has 4 aromatic rings. The average molecular weight is 435 g/mol. The highest BCUT2D eigenvalue weighted by atomic mass is 16.5. The molecule has 0 aliphatic rings. The van der Waals surface area contributed by atoms with Crippen molar-refractivity contribution in [2.24, 2.45) is 0 Å². The fourth-order valence-electron chi connectivity index (χ4n) is 3.61. The Kier molecular flexibility index (Phi) is 6.02. The molecule has 0 saturated carbocycles. The molecule has 0 saturated heterocycles. The second-order valence-corrected chi connectivity index (χ2v) is 7.34. The number of carbonyl (C=O) groups is 1. The Hall–Kier alpha value is -3.95. The van der Waals surface area contributed by atoms with Crippen molar-refractivity contribution in [2.75, 3.05) is 14.2 Å². The zero-order valence-electron chi connectivity index (χ0n) is 18.5. The number of benzene rings is 1. The number of nitrogens with zero attached hydrogens (tertiary/aromatic N) is 6. The summed E-state index contributed by atoms with van der Waals surface area (Å²) in [5.74, 6) is 2.01. The van der Waals surface area contributed by atoms with E-state index in [1.807, 2.05) is 38.1 Å². The maximum Gasteiger partial charge on any atom is 0.220 e. The molecule has 1 aromatic carbocycles. The summed E-state index contributed by atoms with van der Waals surface area (Å²) in [4.78, 5) is 12.5. The first-order valence-corrected chi connectivity index (χ1v) is 10.2. The number of nitrogens with one attached hydrogen (secondary N) is 1. The Bertz CT molecular complexity index is 1260. The summed E-state index contributed by atoms with van der Waals surface area (Å²) in [5.41, 5.74) is 4.41. The van der Waals surface area contributed by atoms with Gasteiger partial charge in [-0.25, -0.2) is 4.68 Å². The van der Waals surface area contributed by atoms with Crippen LogP contribution in [0.15, 0.2) is 36.7 Å². The van der Waals surface area contributed by atoms with E-state index in [1.165, 1.54) is 0 Å². The molecule has 0 aliphatic heterocycles. The summed E-state index contributed by atoms with van der Waals surface area (Å²) in [6, 6.07) is 9.22. The third kappa shape index (κ3) is 4.25. The molecular weight excluding hydrogens is 410 g/mol. The minimum atomic E-state index is -0.0431. The fourth-order valence-corrected chi connectivity index (χ4v) is 3.61. The summed E-state index contributed by atoms with van der Waals surface area (Å²) >= 11 is 0. The SMILES string of the molecule is COc1ccc(CNC(=O)CCc2c(C)nn(-c3ccc4nncn4n3)c2C)c(OC)c1. The number of hydrogen-bond donors (Lipinski definition) is 1. The lowest BCUT2D eigenvalue weighted by Crippen LogP contribution is -2.23. The van der Waals surface area contributed by atoms with Crippen molar-refractivity contribution in [3.05, 3.63) is 59.2 Å². The third-order valence-electron chi connectivity index (χ3n) is 5.38. The molecule has 0 atom stereocenters. The van der Waals surface area contributed by atoms with Gasteiger partial charge in [0.1, 0.15) is 17.8 Å². The Morgan fingerprint density at radius 2 is 1.94 bits per heavy atom. The van der Waals surface area contributed by atoms with Crippen LogP contribution < -0.4 is 14.8 Å². The quantitative estimate of drug-likeness (QED) is 0.452. The molecule has 4 rings (SSSR count). The number of rotatable bonds is 8. The van der Waals surface area contributed by atoms with Crippen molar-refractivity contribution in [1.82, 2.24) is 34.9 Å². The molecule has 0 radical (unpaired) electrons. The monoisotopic (exact) mass is 435 g/mol. The van der Waals surface area contributed by atoms with Gasteiger partial charge in [-0.05, 0) is 50.1 Å². The molecule has 1 amide bonds. The van der Waals surface area contributed by atoms with Crippen LogP contribution in [0.1, 0.15) is 28.9 Å². The number of ether oxygens (including phenoxy) is 2. The number of fused-ring (bicyclic) bond motifs is 1. The van der Waals surface area contributed by atoms with Gasteiger partial charge in [-0.3, -0.25) is 4.79 Å². The molecular formula is C22H25N7O3. The Labute approximate surface area is 185 Å². The van der Waals surface area contributed by atoms with E-state index in [2.05, 4.69) is 25.7 Å². The summed E-state index contributed by atoms with van der Waals surface area (Å²) in [7, 11) is 3.20. The summed E-state index contributed by atoms with van der Waals surface area (Å²) in [6.45, 7) is 4.30. The first-order chi connectivity index (χ1) is 15.5. The van der Waals surface area contributed by atoms with Crippen molar-refractivity contribution in [3.8, 4) is 17.3 Å². The zero-order chi connectivity index (χ0) is 22.7. The number of hydrogen-bond acceptors (Lipinski definition) is 7. The first-order valence-electron chi connectivity index (χ1n) is 10.2. The maximum absolute atomic E-state index is 12.5. The molecule has 0 unspecified atom stereocenters. The summed E-state index contributed by atoms with van der Waals surface area (Å²) in [5, 5.41) is 19.9. The average Bonchev–Trinajstić information content (AvgIpc) is 3.39. The molecule has 10 nitrogen and oxygen atoms in total. The van der Waals surface area contributed by atoms with Crippen molar-refractivity contribution < 1.29 is 14.3 Å². The van der Waals surface area contributed by atoms with Crippen molar-refractivity contribution in [1.29, 1.82) is 0 Å². The van der Waals surface area contributed by atoms with E-state index in [0.29, 0.717) is 42.4 Å². The van der Waals surface area contributed by atoms with Crippen LogP contribution in [0.3, 0.4) is 0 Å². The third-order valence-corrected chi connectivity index (χ3v) is 5.38. The molecule has 10 heteroatoms. The lowest BCUT2D eigenvalue weighted by molar-refractivity contribution is -0.121. The maximum atomic E-state index is 12.5. The zero-order valence-corrected chi connectivity index (χ0v) is 18.5. The summed E-state index contributed by atoms with van der Waals surface area (Å²) in [6.07, 6.45) is 2.48. The molecule has 0 aliphatic carbocycles. The van der Waals surface area contributed by atoms with Gasteiger partial charge in [0.05, 0.1) is 19.9 Å². The van der Waals surface area contributed by atoms with Crippen LogP contribution in [0.4, 0.5) is 0 Å². The molecule has 166 valence electrons. The Morgan fingerprint density at radius 1 is 1.09 bits per heavy atom. The first kappa shape index (κ1) is 21.3. The van der Waals surface area contributed by atoms with E-state index < -0.39 is 0 Å². The van der Waals surface area contributed by atoms with E-state index in [9.17, 15) is 4.79 Å². The van der Waals surface area contributed by atoms with Gasteiger partial charge in [-0.15, -0.1) is 15.3 Å². The van der Waals surface area contributed by atoms with E-state index in [-0.39, 0.29) is 5.91 Å². The molecule has 1 N–H and O–H groups in total. The number of amides is 1. The second kappa shape index (κ2) is 9.04. The van der Waals surface area contributed by atoms with Crippen LogP contribution in [0.2, 0.25) is 0 Å². The van der Waals surface area contributed by atoms with Gasteiger partial charge in [0.25, 0.3) is 0 Å². The van der Waals surface area contributed by atoms with Crippen LogP contribution in [-0.2, 0) is 17.8 Å². The predicted octanol–water partition coefficient (Wildman–Crippen LogP) is 2.19. The standard InChI is InChI=1S/C22H25N7O3/c1-14-18(15(2)29(26-14)21-9-8-20-25-24-13-28(20)27-21)7-10-22(30)23-12-16-5-6-17(31-3)11-19(16)32-4/h5-6,8-9,11,13H,7,10,12H2,1-4H3,(H,23,30). The van der Waals surface area contributed by atoms with Crippen molar-refractivity contribution in [2.45, 2.75) is 33.2 Å². The lowest BCUT2D eigenvalue weighted by Gasteiger charge is -2.11. The molecule has 0 spiro atoms. The number of methoxy groups -OCH3 is 2. The second-order valence-electron chi connectivity index (χ2n) is 7.34. The largest absolute Gasteiger partial charge is 0.497 e. The Morgan fingerprint density at radius 3 is 2.72 bits per heavy atom. The molecule has 0 bridgehead atoms. The highest BCUT2D eigenvalue weighted by molar-refractivity contribution is 5.76. The Balaban J connectivity index is 1.41. The molecule has 0 fully saturated rings. The smallest absolute Gasteiger partial charge is 0.220 e. The fraction of sp³-hybridized carbons (Fsp3) is 0.318. The summed E-state index contributed by atoms with van der Waals surface area (Å²) < 4.78 is 14.0.